The molecule has 31 heavy (non-hydrogen) atoms. The number of aromatic nitrogens is 2. The number of rotatable bonds is 4. The maximum absolute atomic E-state index is 15.4. The largest absolute Gasteiger partial charge is 0.393 e. The van der Waals surface area contributed by atoms with Crippen molar-refractivity contribution >= 4 is 21.5 Å². The Hall–Kier alpha value is -1.97. The molecule has 0 amide bonds. The molecule has 5 rings (SSSR count). The van der Waals surface area contributed by atoms with Gasteiger partial charge in [0.2, 0.25) is 10.0 Å². The minimum Gasteiger partial charge on any atom is -0.393 e. The van der Waals surface area contributed by atoms with E-state index in [-0.39, 0.29) is 46.3 Å². The maximum Gasteiger partial charge on any atom is 0.244 e. The Morgan fingerprint density at radius 1 is 1.19 bits per heavy atom. The maximum atomic E-state index is 15.4. The summed E-state index contributed by atoms with van der Waals surface area (Å²) in [4.78, 5) is 0.0763. The Morgan fingerprint density at radius 2 is 1.94 bits per heavy atom. The summed E-state index contributed by atoms with van der Waals surface area (Å²) in [6.07, 6.45) is 3.70. The summed E-state index contributed by atoms with van der Waals surface area (Å²) >= 11 is 0. The predicted octanol–water partition coefficient (Wildman–Crippen LogP) is 3.82. The van der Waals surface area contributed by atoms with Crippen LogP contribution >= 0.6 is 0 Å². The third kappa shape index (κ3) is 3.56. The number of aliphatic hydroxyl groups excluding tert-OH is 1. The number of halogens is 1. The number of nitrogens with one attached hydrogen (secondary N) is 1. The first-order valence-electron chi connectivity index (χ1n) is 10.9. The van der Waals surface area contributed by atoms with Crippen LogP contribution in [0.25, 0.3) is 0 Å². The van der Waals surface area contributed by atoms with Gasteiger partial charge in [-0.3, -0.25) is 0 Å². The van der Waals surface area contributed by atoms with Crippen LogP contribution in [0.15, 0.2) is 23.1 Å². The summed E-state index contributed by atoms with van der Waals surface area (Å²) in [6.45, 7) is 6.17. The number of anilines is 2. The molecule has 0 radical (unpaired) electrons. The molecule has 168 valence electrons. The fraction of sp³-hybridized carbons (Fsp3) is 0.591. The highest BCUT2D eigenvalue weighted by molar-refractivity contribution is 7.89. The van der Waals surface area contributed by atoms with Crippen LogP contribution in [-0.4, -0.2) is 39.8 Å². The average Bonchev–Trinajstić information content (AvgIpc) is 3.15. The minimum atomic E-state index is -3.61. The van der Waals surface area contributed by atoms with Crippen LogP contribution in [0.4, 0.5) is 15.9 Å². The van der Waals surface area contributed by atoms with Crippen LogP contribution < -0.4 is 5.32 Å². The van der Waals surface area contributed by atoms with Crippen molar-refractivity contribution in [3.8, 4) is 0 Å². The molecule has 2 unspecified atom stereocenters. The number of hydrogen-bond donors (Lipinski definition) is 2. The molecule has 2 atom stereocenters. The SMILES string of the molecule is CC(C)(C)n1nc(C2CCC(O)C2)cc1Nc1ccc2c(c1F)CN(C1CC1)S2(=O)=O. The van der Waals surface area contributed by atoms with Gasteiger partial charge in [-0.2, -0.15) is 9.40 Å². The smallest absolute Gasteiger partial charge is 0.244 e. The molecule has 0 saturated heterocycles. The predicted molar refractivity (Wildman–Crippen MR) is 115 cm³/mol. The summed E-state index contributed by atoms with van der Waals surface area (Å²) in [5.74, 6) is 0.313. The first-order chi connectivity index (χ1) is 14.6. The number of fused-ring (bicyclic) bond motifs is 1. The number of benzene rings is 1. The van der Waals surface area contributed by atoms with E-state index >= 15 is 4.39 Å². The van der Waals surface area contributed by atoms with Crippen LogP contribution in [0.1, 0.15) is 70.1 Å². The van der Waals surface area contributed by atoms with Crippen molar-refractivity contribution < 1.29 is 17.9 Å². The molecule has 2 aromatic rings. The van der Waals surface area contributed by atoms with E-state index in [2.05, 4.69) is 5.32 Å². The molecule has 9 heteroatoms. The summed E-state index contributed by atoms with van der Waals surface area (Å²) in [6, 6.07) is 4.93. The van der Waals surface area contributed by atoms with E-state index in [0.717, 1.165) is 31.4 Å². The standard InChI is InChI=1S/C22H29FN4O3S/c1-22(2,3)27-20(11-18(25-27)13-4-7-15(28)10-13)24-17-8-9-19-16(21(17)23)12-26(14-5-6-14)31(19,29)30/h8-9,11,13-15,24,28H,4-7,10,12H2,1-3H3. The van der Waals surface area contributed by atoms with E-state index in [1.807, 2.05) is 31.5 Å². The van der Waals surface area contributed by atoms with E-state index in [0.29, 0.717) is 12.2 Å². The lowest BCUT2D eigenvalue weighted by Gasteiger charge is -2.23. The first kappa shape index (κ1) is 20.9. The molecule has 2 saturated carbocycles. The van der Waals surface area contributed by atoms with Crippen LogP contribution in [0.2, 0.25) is 0 Å². The van der Waals surface area contributed by atoms with Crippen molar-refractivity contribution in [2.75, 3.05) is 5.32 Å². The van der Waals surface area contributed by atoms with E-state index in [1.54, 1.807) is 0 Å². The highest BCUT2D eigenvalue weighted by Crippen LogP contribution is 2.42. The molecule has 1 aromatic heterocycles. The summed E-state index contributed by atoms with van der Waals surface area (Å²) in [5.41, 5.74) is 1.03. The Kier molecular flexibility index (Phi) is 4.73. The molecule has 2 N–H and O–H groups in total. The molecule has 3 aliphatic rings. The van der Waals surface area contributed by atoms with Crippen molar-refractivity contribution in [3.63, 3.8) is 0 Å². The van der Waals surface area contributed by atoms with E-state index < -0.39 is 15.8 Å². The molecule has 2 heterocycles. The third-order valence-electron chi connectivity index (χ3n) is 6.50. The van der Waals surface area contributed by atoms with Crippen LogP contribution in [0.3, 0.4) is 0 Å². The van der Waals surface area contributed by atoms with Crippen molar-refractivity contribution in [2.24, 2.45) is 0 Å². The van der Waals surface area contributed by atoms with Gasteiger partial charge in [-0.1, -0.05) is 0 Å². The highest BCUT2D eigenvalue weighted by atomic mass is 32.2. The van der Waals surface area contributed by atoms with Crippen molar-refractivity contribution in [2.45, 2.75) is 87.9 Å². The van der Waals surface area contributed by atoms with Gasteiger partial charge in [0.25, 0.3) is 0 Å². The summed E-state index contributed by atoms with van der Waals surface area (Å²) < 4.78 is 44.2. The van der Waals surface area contributed by atoms with Crippen LogP contribution in [0.5, 0.6) is 0 Å². The van der Waals surface area contributed by atoms with Gasteiger partial charge < -0.3 is 10.4 Å². The number of aliphatic hydroxyl groups is 1. The molecule has 1 aromatic carbocycles. The zero-order valence-electron chi connectivity index (χ0n) is 18.1. The summed E-state index contributed by atoms with van der Waals surface area (Å²) in [5, 5.41) is 17.9. The van der Waals surface area contributed by atoms with Gasteiger partial charge in [0.05, 0.1) is 27.9 Å². The van der Waals surface area contributed by atoms with Gasteiger partial charge in [-0.05, 0) is 65.0 Å². The third-order valence-corrected chi connectivity index (χ3v) is 8.49. The van der Waals surface area contributed by atoms with Gasteiger partial charge in [-0.25, -0.2) is 17.5 Å². The molecular formula is C22H29FN4O3S. The molecule has 0 spiro atoms. The lowest BCUT2D eigenvalue weighted by atomic mass is 10.0. The van der Waals surface area contributed by atoms with Crippen LogP contribution in [-0.2, 0) is 22.1 Å². The lowest BCUT2D eigenvalue weighted by molar-refractivity contribution is 0.181. The molecule has 7 nitrogen and oxygen atoms in total. The van der Waals surface area contributed by atoms with Gasteiger partial charge >= 0.3 is 0 Å². The lowest BCUT2D eigenvalue weighted by Crippen LogP contribution is -2.26. The second-order valence-electron chi connectivity index (χ2n) is 10.0. The first-order valence-corrected chi connectivity index (χ1v) is 12.4. The number of sulfonamides is 1. The quantitative estimate of drug-likeness (QED) is 0.743. The molecule has 2 fully saturated rings. The molecule has 0 bridgehead atoms. The second-order valence-corrected chi connectivity index (χ2v) is 11.9. The van der Waals surface area contributed by atoms with E-state index in [4.69, 9.17) is 5.10 Å². The normalized spacial score (nSPS) is 25.7. The monoisotopic (exact) mass is 448 g/mol. The van der Waals surface area contributed by atoms with E-state index in [9.17, 15) is 13.5 Å². The molecule has 2 aliphatic carbocycles. The minimum absolute atomic E-state index is 0.000137. The van der Waals surface area contributed by atoms with Crippen molar-refractivity contribution in [3.05, 3.63) is 35.3 Å². The number of hydrogen-bond acceptors (Lipinski definition) is 5. The Bertz CT molecular complexity index is 1130. The Morgan fingerprint density at radius 3 is 2.55 bits per heavy atom. The fourth-order valence-electron chi connectivity index (χ4n) is 4.71. The topological polar surface area (TPSA) is 87.5 Å². The van der Waals surface area contributed by atoms with Gasteiger partial charge in [-0.15, -0.1) is 0 Å². The number of nitrogens with zero attached hydrogens (tertiary/aromatic N) is 3. The van der Waals surface area contributed by atoms with Gasteiger partial charge in [0, 0.05) is 30.1 Å². The highest BCUT2D eigenvalue weighted by Gasteiger charge is 2.45. The van der Waals surface area contributed by atoms with Crippen molar-refractivity contribution in [1.82, 2.24) is 14.1 Å². The molecule has 1 aliphatic heterocycles. The van der Waals surface area contributed by atoms with Gasteiger partial charge in [0.15, 0.2) is 5.82 Å². The van der Waals surface area contributed by atoms with E-state index in [1.165, 1.54) is 16.4 Å². The fourth-order valence-corrected chi connectivity index (χ4v) is 6.57. The summed E-state index contributed by atoms with van der Waals surface area (Å²) in [7, 11) is -3.61. The van der Waals surface area contributed by atoms with Gasteiger partial charge in [0.1, 0.15) is 5.82 Å². The average molecular weight is 449 g/mol. The zero-order valence-corrected chi connectivity index (χ0v) is 18.9. The Labute approximate surface area is 182 Å². The zero-order chi connectivity index (χ0) is 22.1. The second kappa shape index (κ2) is 7.02. The Balaban J connectivity index is 1.49. The van der Waals surface area contributed by atoms with Crippen molar-refractivity contribution in [1.29, 1.82) is 0 Å². The van der Waals surface area contributed by atoms with Crippen LogP contribution in [0, 0.1) is 5.82 Å². The molecular weight excluding hydrogens is 419 g/mol.